The molecule has 2 aromatic carbocycles. The maximum atomic E-state index is 12.3. The molecule has 4 rings (SSSR count). The number of carbonyl (C=O) groups excluding carboxylic acids is 1. The summed E-state index contributed by atoms with van der Waals surface area (Å²) in [6.07, 6.45) is 3.23. The average Bonchev–Trinajstić information content (AvgIpc) is 2.80. The Balaban J connectivity index is 1.49. The molecular weight excluding hydrogens is 390 g/mol. The molecule has 1 aliphatic heterocycles. The van der Waals surface area contributed by atoms with E-state index in [1.807, 2.05) is 55.5 Å². The first-order chi connectivity index (χ1) is 15.2. The van der Waals surface area contributed by atoms with Crippen molar-refractivity contribution in [1.82, 2.24) is 0 Å². The van der Waals surface area contributed by atoms with E-state index in [4.69, 9.17) is 14.2 Å². The molecule has 0 unspecified atom stereocenters. The summed E-state index contributed by atoms with van der Waals surface area (Å²) >= 11 is 0. The van der Waals surface area contributed by atoms with Crippen LogP contribution in [0.3, 0.4) is 0 Å². The fourth-order valence-electron chi connectivity index (χ4n) is 4.29. The van der Waals surface area contributed by atoms with Crippen molar-refractivity contribution in [3.63, 3.8) is 0 Å². The summed E-state index contributed by atoms with van der Waals surface area (Å²) in [4.78, 5) is 16.5. The molecule has 2 aliphatic rings. The second-order valence-corrected chi connectivity index (χ2v) is 7.98. The highest BCUT2D eigenvalue weighted by molar-refractivity contribution is 5.96. The number of nitrogens with zero attached hydrogens (tertiary/aromatic N) is 1. The van der Waals surface area contributed by atoms with Crippen LogP contribution >= 0.6 is 0 Å². The molecule has 0 N–H and O–H groups in total. The number of carbonyl (C=O) groups is 1. The first kappa shape index (κ1) is 21.5. The van der Waals surface area contributed by atoms with Crippen LogP contribution in [0.5, 0.6) is 0 Å². The van der Waals surface area contributed by atoms with Crippen molar-refractivity contribution in [3.05, 3.63) is 83.4 Å². The van der Waals surface area contributed by atoms with Gasteiger partial charge in [-0.15, -0.1) is 0 Å². The van der Waals surface area contributed by atoms with Crippen LogP contribution in [0, 0.1) is 11.8 Å². The minimum Gasteiger partial charge on any atom is -0.481 e. The Morgan fingerprint density at radius 1 is 0.903 bits per heavy atom. The maximum Gasteiger partial charge on any atom is 0.249 e. The fraction of sp³-hybridized carbons (Fsp3) is 0.385. The number of hydrogen-bond donors (Lipinski definition) is 0. The van der Waals surface area contributed by atoms with Crippen LogP contribution in [0.2, 0.25) is 0 Å². The molecule has 0 bridgehead atoms. The van der Waals surface area contributed by atoms with Crippen LogP contribution in [-0.4, -0.2) is 31.1 Å². The minimum absolute atomic E-state index is 0.0405. The van der Waals surface area contributed by atoms with Gasteiger partial charge in [0.25, 0.3) is 0 Å². The third-order valence-electron chi connectivity index (χ3n) is 5.77. The number of amides is 1. The molecular formula is C26H29NO4. The van der Waals surface area contributed by atoms with Gasteiger partial charge in [0.1, 0.15) is 0 Å². The molecule has 0 fully saturated rings. The summed E-state index contributed by atoms with van der Waals surface area (Å²) in [6, 6.07) is 20.3. The average molecular weight is 420 g/mol. The molecule has 0 radical (unpaired) electrons. The highest BCUT2D eigenvalue weighted by Crippen LogP contribution is 2.39. The highest BCUT2D eigenvalue weighted by Gasteiger charge is 2.40. The van der Waals surface area contributed by atoms with E-state index < -0.39 is 0 Å². The molecule has 2 aromatic rings. The summed E-state index contributed by atoms with van der Waals surface area (Å²) in [5.74, 6) is 0.519. The molecule has 1 heterocycles. The Morgan fingerprint density at radius 2 is 1.58 bits per heavy atom. The topological polar surface area (TPSA) is 57.1 Å². The quantitative estimate of drug-likeness (QED) is 0.581. The van der Waals surface area contributed by atoms with E-state index in [1.165, 1.54) is 0 Å². The zero-order chi connectivity index (χ0) is 21.5. The van der Waals surface area contributed by atoms with E-state index in [1.54, 1.807) is 0 Å². The monoisotopic (exact) mass is 419 g/mol. The standard InChI is InChI=1S/C26H29NO4/c1-2-30-26-24-14-22(31-17-20-11-7-4-8-12-20)13-21(23(24)15-25(28)27-26)18-29-16-19-9-5-3-6-10-19/h3-13,22-24H,2,14-18H2,1H3/t22-,23+,24-/m0/s1. The zero-order valence-electron chi connectivity index (χ0n) is 17.9. The molecule has 0 saturated heterocycles. The van der Waals surface area contributed by atoms with E-state index in [2.05, 4.69) is 23.2 Å². The fourth-order valence-corrected chi connectivity index (χ4v) is 4.29. The second kappa shape index (κ2) is 10.5. The first-order valence-corrected chi connectivity index (χ1v) is 10.9. The predicted molar refractivity (Wildman–Crippen MR) is 119 cm³/mol. The van der Waals surface area contributed by atoms with E-state index >= 15 is 0 Å². The highest BCUT2D eigenvalue weighted by atomic mass is 16.5. The Labute approximate surface area is 183 Å². The van der Waals surface area contributed by atoms with Gasteiger partial charge in [-0.25, -0.2) is 0 Å². The summed E-state index contributed by atoms with van der Waals surface area (Å²) in [7, 11) is 0. The van der Waals surface area contributed by atoms with Crippen molar-refractivity contribution in [1.29, 1.82) is 0 Å². The number of benzene rings is 2. The number of aliphatic imine (C=N–C) groups is 1. The van der Waals surface area contributed by atoms with Gasteiger partial charge in [-0.1, -0.05) is 66.7 Å². The molecule has 5 nitrogen and oxygen atoms in total. The van der Waals surface area contributed by atoms with Gasteiger partial charge in [-0.2, -0.15) is 4.99 Å². The van der Waals surface area contributed by atoms with Crippen molar-refractivity contribution in [2.45, 2.75) is 39.1 Å². The SMILES string of the molecule is CCOC1=NC(=O)C[C@@H]2C(COCc3ccccc3)=C[C@H](OCc3ccccc3)C[C@H]12. The third-order valence-corrected chi connectivity index (χ3v) is 5.77. The van der Waals surface area contributed by atoms with Crippen molar-refractivity contribution in [2.24, 2.45) is 16.8 Å². The van der Waals surface area contributed by atoms with Gasteiger partial charge in [-0.05, 0) is 30.0 Å². The largest absolute Gasteiger partial charge is 0.481 e. The van der Waals surface area contributed by atoms with Crippen LogP contribution in [0.15, 0.2) is 77.3 Å². The van der Waals surface area contributed by atoms with E-state index in [-0.39, 0.29) is 23.8 Å². The van der Waals surface area contributed by atoms with Crippen LogP contribution < -0.4 is 0 Å². The molecule has 0 spiro atoms. The Bertz CT molecular complexity index is 923. The first-order valence-electron chi connectivity index (χ1n) is 10.9. The van der Waals surface area contributed by atoms with Crippen molar-refractivity contribution >= 4 is 11.8 Å². The molecule has 31 heavy (non-hydrogen) atoms. The minimum atomic E-state index is -0.123. The van der Waals surface area contributed by atoms with E-state index in [0.717, 1.165) is 23.1 Å². The summed E-state index contributed by atoms with van der Waals surface area (Å²) in [5, 5.41) is 0. The number of rotatable bonds is 8. The molecule has 0 aromatic heterocycles. The lowest BCUT2D eigenvalue weighted by Gasteiger charge is -2.37. The van der Waals surface area contributed by atoms with Crippen LogP contribution in [0.1, 0.15) is 30.9 Å². The van der Waals surface area contributed by atoms with Gasteiger partial charge in [0, 0.05) is 18.3 Å². The van der Waals surface area contributed by atoms with Crippen LogP contribution in [0.4, 0.5) is 0 Å². The predicted octanol–water partition coefficient (Wildman–Crippen LogP) is 4.72. The molecule has 1 aliphatic carbocycles. The van der Waals surface area contributed by atoms with E-state index in [9.17, 15) is 4.79 Å². The lowest BCUT2D eigenvalue weighted by molar-refractivity contribution is -0.119. The van der Waals surface area contributed by atoms with Gasteiger partial charge in [-0.3, -0.25) is 4.79 Å². The van der Waals surface area contributed by atoms with Crippen LogP contribution in [0.25, 0.3) is 0 Å². The van der Waals surface area contributed by atoms with Gasteiger partial charge in [0.2, 0.25) is 5.91 Å². The summed E-state index contributed by atoms with van der Waals surface area (Å²) < 4.78 is 18.0. The van der Waals surface area contributed by atoms with Crippen molar-refractivity contribution < 1.29 is 19.0 Å². The van der Waals surface area contributed by atoms with Gasteiger partial charge >= 0.3 is 0 Å². The van der Waals surface area contributed by atoms with Gasteiger partial charge < -0.3 is 14.2 Å². The van der Waals surface area contributed by atoms with Crippen molar-refractivity contribution in [2.75, 3.05) is 13.2 Å². The second-order valence-electron chi connectivity index (χ2n) is 7.98. The summed E-state index contributed by atoms with van der Waals surface area (Å²) in [5.41, 5.74) is 3.37. The normalized spacial score (nSPS) is 23.0. The third kappa shape index (κ3) is 5.69. The Hall–Kier alpha value is -2.76. The molecule has 5 heteroatoms. The molecule has 0 saturated carbocycles. The van der Waals surface area contributed by atoms with Gasteiger partial charge in [0.15, 0.2) is 5.90 Å². The number of hydrogen-bond acceptors (Lipinski definition) is 4. The molecule has 162 valence electrons. The van der Waals surface area contributed by atoms with Crippen LogP contribution in [-0.2, 0) is 32.2 Å². The zero-order valence-corrected chi connectivity index (χ0v) is 17.9. The Kier molecular flexibility index (Phi) is 7.28. The number of fused-ring (bicyclic) bond motifs is 1. The van der Waals surface area contributed by atoms with Gasteiger partial charge in [0.05, 0.1) is 32.5 Å². The van der Waals surface area contributed by atoms with Crippen molar-refractivity contribution in [3.8, 4) is 0 Å². The molecule has 3 atom stereocenters. The number of ether oxygens (including phenoxy) is 3. The smallest absolute Gasteiger partial charge is 0.249 e. The molecule has 1 amide bonds. The summed E-state index contributed by atoms with van der Waals surface area (Å²) in [6.45, 7) is 3.95. The lowest BCUT2D eigenvalue weighted by atomic mass is 9.74. The lowest BCUT2D eigenvalue weighted by Crippen LogP contribution is -2.40. The Morgan fingerprint density at radius 3 is 2.26 bits per heavy atom. The van der Waals surface area contributed by atoms with E-state index in [0.29, 0.717) is 38.7 Å². The maximum absolute atomic E-state index is 12.3.